The summed E-state index contributed by atoms with van der Waals surface area (Å²) >= 11 is 5.34. The van der Waals surface area contributed by atoms with E-state index in [1.54, 1.807) is 6.26 Å². The van der Waals surface area contributed by atoms with Crippen LogP contribution in [0.1, 0.15) is 12.8 Å². The standard InChI is InChI=1S/C15H26N4O8S2/c1-29-3-2-8(13(24)18-9(15(26)27)4-11(21)22)17-14(25)10(6-28)19-12(23)7(16)5-20/h7-10,20,28H,2-6,16H2,1H3,(H,17,25)(H,18,24)(H,19,23)(H,21,22)(H,26,27). The fourth-order valence-corrected chi connectivity index (χ4v) is 2.71. The maximum atomic E-state index is 12.4. The first-order valence-corrected chi connectivity index (χ1v) is 10.4. The van der Waals surface area contributed by atoms with Gasteiger partial charge in [-0.3, -0.25) is 19.2 Å². The molecule has 3 amide bonds. The van der Waals surface area contributed by atoms with Gasteiger partial charge in [0.15, 0.2) is 0 Å². The van der Waals surface area contributed by atoms with Gasteiger partial charge in [0.25, 0.3) is 0 Å². The molecule has 0 radical (unpaired) electrons. The highest BCUT2D eigenvalue weighted by molar-refractivity contribution is 7.98. The Labute approximate surface area is 176 Å². The fourth-order valence-electron chi connectivity index (χ4n) is 1.98. The van der Waals surface area contributed by atoms with E-state index in [-0.39, 0.29) is 12.2 Å². The molecule has 8 N–H and O–H groups in total. The molecule has 0 rings (SSSR count). The number of carboxylic acid groups (broad SMARTS) is 2. The third-order valence-corrected chi connectivity index (χ3v) is 4.60. The zero-order valence-electron chi connectivity index (χ0n) is 15.7. The van der Waals surface area contributed by atoms with Crippen molar-refractivity contribution in [3.05, 3.63) is 0 Å². The van der Waals surface area contributed by atoms with E-state index in [0.29, 0.717) is 5.75 Å². The number of carboxylic acids is 2. The summed E-state index contributed by atoms with van der Waals surface area (Å²) in [6.45, 7) is -0.633. The maximum Gasteiger partial charge on any atom is 0.326 e. The number of carbonyl (C=O) groups is 5. The van der Waals surface area contributed by atoms with Gasteiger partial charge in [0.2, 0.25) is 17.7 Å². The number of thiol groups is 1. The summed E-state index contributed by atoms with van der Waals surface area (Å²) in [7, 11) is 0. The molecule has 14 heteroatoms. The van der Waals surface area contributed by atoms with E-state index in [0.717, 1.165) is 0 Å². The van der Waals surface area contributed by atoms with Gasteiger partial charge in [0, 0.05) is 5.75 Å². The zero-order chi connectivity index (χ0) is 22.6. The molecule has 0 fully saturated rings. The lowest BCUT2D eigenvalue weighted by Gasteiger charge is -2.24. The van der Waals surface area contributed by atoms with Crippen molar-refractivity contribution in [1.82, 2.24) is 16.0 Å². The van der Waals surface area contributed by atoms with Gasteiger partial charge in [-0.05, 0) is 18.4 Å². The van der Waals surface area contributed by atoms with E-state index >= 15 is 0 Å². The van der Waals surface area contributed by atoms with Crippen molar-refractivity contribution < 1.29 is 39.3 Å². The Kier molecular flexibility index (Phi) is 13.0. The minimum absolute atomic E-state index is 0.127. The molecule has 0 spiro atoms. The number of carbonyl (C=O) groups excluding carboxylic acids is 3. The number of nitrogens with one attached hydrogen (secondary N) is 3. The minimum atomic E-state index is -1.67. The van der Waals surface area contributed by atoms with Crippen LogP contribution in [0.2, 0.25) is 0 Å². The van der Waals surface area contributed by atoms with E-state index in [1.165, 1.54) is 11.8 Å². The lowest BCUT2D eigenvalue weighted by atomic mass is 10.1. The van der Waals surface area contributed by atoms with Crippen LogP contribution >= 0.6 is 24.4 Å². The Morgan fingerprint density at radius 3 is 1.93 bits per heavy atom. The van der Waals surface area contributed by atoms with Crippen molar-refractivity contribution in [3.63, 3.8) is 0 Å². The number of aliphatic carboxylic acids is 2. The Bertz CT molecular complexity index is 607. The molecule has 4 unspecified atom stereocenters. The van der Waals surface area contributed by atoms with E-state index in [9.17, 15) is 24.0 Å². The molecule has 12 nitrogen and oxygen atoms in total. The number of aliphatic hydroxyl groups excluding tert-OH is 1. The predicted molar refractivity (Wildman–Crippen MR) is 108 cm³/mol. The van der Waals surface area contributed by atoms with Crippen LogP contribution in [-0.4, -0.2) is 93.5 Å². The molecule has 29 heavy (non-hydrogen) atoms. The van der Waals surface area contributed by atoms with E-state index in [1.807, 2.05) is 0 Å². The summed E-state index contributed by atoms with van der Waals surface area (Å²) in [6.07, 6.45) is 1.05. The zero-order valence-corrected chi connectivity index (χ0v) is 17.4. The number of amides is 3. The molecule has 0 heterocycles. The van der Waals surface area contributed by atoms with Gasteiger partial charge in [-0.2, -0.15) is 24.4 Å². The highest BCUT2D eigenvalue weighted by atomic mass is 32.2. The van der Waals surface area contributed by atoms with Crippen LogP contribution in [0, 0.1) is 0 Å². The third kappa shape index (κ3) is 10.3. The van der Waals surface area contributed by atoms with Crippen molar-refractivity contribution in [1.29, 1.82) is 0 Å². The molecular formula is C15H26N4O8S2. The van der Waals surface area contributed by atoms with Crippen LogP contribution in [0.15, 0.2) is 0 Å². The topological polar surface area (TPSA) is 208 Å². The minimum Gasteiger partial charge on any atom is -0.481 e. The molecule has 4 atom stereocenters. The monoisotopic (exact) mass is 454 g/mol. The van der Waals surface area contributed by atoms with Gasteiger partial charge >= 0.3 is 11.9 Å². The number of rotatable bonds is 14. The van der Waals surface area contributed by atoms with Crippen LogP contribution in [0.25, 0.3) is 0 Å². The number of hydrogen-bond acceptors (Lipinski definition) is 9. The Morgan fingerprint density at radius 1 is 0.966 bits per heavy atom. The van der Waals surface area contributed by atoms with Gasteiger partial charge in [0.05, 0.1) is 13.0 Å². The molecule has 0 aliphatic rings. The summed E-state index contributed by atoms with van der Waals surface area (Å²) in [4.78, 5) is 58.5. The summed E-state index contributed by atoms with van der Waals surface area (Å²) in [5.74, 6) is -5.10. The summed E-state index contributed by atoms with van der Waals surface area (Å²) in [5.41, 5.74) is 5.37. The summed E-state index contributed by atoms with van der Waals surface area (Å²) in [5, 5.41) is 33.5. The van der Waals surface area contributed by atoms with Crippen LogP contribution in [0.4, 0.5) is 0 Å². The van der Waals surface area contributed by atoms with Crippen molar-refractivity contribution in [2.24, 2.45) is 5.73 Å². The molecular weight excluding hydrogens is 428 g/mol. The first-order valence-electron chi connectivity index (χ1n) is 8.39. The second-order valence-electron chi connectivity index (χ2n) is 5.87. The van der Waals surface area contributed by atoms with Gasteiger partial charge in [-0.25, -0.2) is 4.79 Å². The SMILES string of the molecule is CSCCC(NC(=O)C(CS)NC(=O)C(N)CO)C(=O)NC(CC(=O)O)C(=O)O. The average molecular weight is 455 g/mol. The average Bonchev–Trinajstić information content (AvgIpc) is 2.66. The van der Waals surface area contributed by atoms with Crippen molar-refractivity contribution in [2.45, 2.75) is 37.0 Å². The van der Waals surface area contributed by atoms with E-state index in [2.05, 4.69) is 28.6 Å². The number of nitrogens with two attached hydrogens (primary N) is 1. The molecule has 0 aromatic rings. The lowest BCUT2D eigenvalue weighted by molar-refractivity contribution is -0.147. The van der Waals surface area contributed by atoms with E-state index < -0.39 is 66.9 Å². The largest absolute Gasteiger partial charge is 0.481 e. The Balaban J connectivity index is 5.21. The van der Waals surface area contributed by atoms with Crippen LogP contribution in [0.5, 0.6) is 0 Å². The van der Waals surface area contributed by atoms with Crippen molar-refractivity contribution in [2.75, 3.05) is 24.4 Å². The predicted octanol–water partition coefficient (Wildman–Crippen LogP) is -3.00. The summed E-state index contributed by atoms with van der Waals surface area (Å²) < 4.78 is 0. The van der Waals surface area contributed by atoms with Crippen molar-refractivity contribution >= 4 is 54.1 Å². The maximum absolute atomic E-state index is 12.4. The lowest BCUT2D eigenvalue weighted by Crippen LogP contribution is -2.58. The number of hydrogen-bond donors (Lipinski definition) is 8. The van der Waals surface area contributed by atoms with Crippen LogP contribution in [-0.2, 0) is 24.0 Å². The molecule has 0 saturated heterocycles. The molecule has 0 aliphatic heterocycles. The normalized spacial score (nSPS) is 14.8. The van der Waals surface area contributed by atoms with Gasteiger partial charge in [0.1, 0.15) is 24.2 Å². The number of aliphatic hydroxyl groups is 1. The molecule has 0 aromatic heterocycles. The molecule has 166 valence electrons. The fraction of sp³-hybridized carbons (Fsp3) is 0.667. The first kappa shape index (κ1) is 27.0. The molecule has 0 aromatic carbocycles. The Hall–Kier alpha value is -2.03. The molecule has 0 bridgehead atoms. The highest BCUT2D eigenvalue weighted by Gasteiger charge is 2.30. The first-order chi connectivity index (χ1) is 13.6. The highest BCUT2D eigenvalue weighted by Crippen LogP contribution is 2.04. The smallest absolute Gasteiger partial charge is 0.326 e. The van der Waals surface area contributed by atoms with Gasteiger partial charge in [-0.1, -0.05) is 0 Å². The van der Waals surface area contributed by atoms with Crippen molar-refractivity contribution in [3.8, 4) is 0 Å². The van der Waals surface area contributed by atoms with Gasteiger partial charge in [-0.15, -0.1) is 0 Å². The van der Waals surface area contributed by atoms with Gasteiger partial charge < -0.3 is 37.0 Å². The number of thioether (sulfide) groups is 1. The second kappa shape index (κ2) is 14.0. The molecule has 0 saturated carbocycles. The Morgan fingerprint density at radius 2 is 1.48 bits per heavy atom. The van der Waals surface area contributed by atoms with Crippen LogP contribution < -0.4 is 21.7 Å². The third-order valence-electron chi connectivity index (χ3n) is 3.59. The van der Waals surface area contributed by atoms with E-state index in [4.69, 9.17) is 21.1 Å². The van der Waals surface area contributed by atoms with Crippen LogP contribution in [0.3, 0.4) is 0 Å². The second-order valence-corrected chi connectivity index (χ2v) is 7.22. The summed E-state index contributed by atoms with van der Waals surface area (Å²) in [6, 6.07) is -5.25. The quantitative estimate of drug-likeness (QED) is 0.125. The molecule has 0 aliphatic carbocycles.